The Bertz CT molecular complexity index is 480. The third-order valence-electron chi connectivity index (χ3n) is 5.37. The second-order valence-corrected chi connectivity index (χ2v) is 8.29. The number of likely N-dealkylation sites (tertiary alicyclic amines) is 1. The van der Waals surface area contributed by atoms with Crippen LogP contribution in [0.5, 0.6) is 0 Å². The van der Waals surface area contributed by atoms with Gasteiger partial charge in [0.15, 0.2) is 0 Å². The summed E-state index contributed by atoms with van der Waals surface area (Å²) in [6, 6.07) is 0.514. The molecule has 1 aliphatic carbocycles. The van der Waals surface area contributed by atoms with E-state index in [1.165, 1.54) is 12.8 Å². The van der Waals surface area contributed by atoms with Crippen LogP contribution < -0.4 is 0 Å². The smallest absolute Gasteiger partial charge is 0.410 e. The van der Waals surface area contributed by atoms with Crippen molar-refractivity contribution in [2.45, 2.75) is 77.0 Å². The van der Waals surface area contributed by atoms with Gasteiger partial charge in [-0.15, -0.1) is 0 Å². The van der Waals surface area contributed by atoms with Crippen molar-refractivity contribution in [2.75, 3.05) is 19.7 Å². The molecule has 3 aliphatic rings. The van der Waals surface area contributed by atoms with Crippen LogP contribution in [0.4, 0.5) is 9.59 Å². The van der Waals surface area contributed by atoms with Crippen LogP contribution >= 0.6 is 0 Å². The topological polar surface area (TPSA) is 59.1 Å². The van der Waals surface area contributed by atoms with Gasteiger partial charge in [-0.3, -0.25) is 0 Å². The van der Waals surface area contributed by atoms with Crippen LogP contribution in [-0.4, -0.2) is 59.4 Å². The molecule has 136 valence electrons. The number of carbonyl (C=O) groups is 2. The van der Waals surface area contributed by atoms with E-state index in [1.807, 2.05) is 25.7 Å². The lowest BCUT2D eigenvalue weighted by Crippen LogP contribution is -2.58. The van der Waals surface area contributed by atoms with Gasteiger partial charge in [0.05, 0.1) is 6.61 Å². The molecule has 0 aromatic carbocycles. The van der Waals surface area contributed by atoms with Crippen LogP contribution in [0.2, 0.25) is 0 Å². The maximum Gasteiger partial charge on any atom is 0.410 e. The van der Waals surface area contributed by atoms with Crippen LogP contribution in [-0.2, 0) is 9.47 Å². The molecule has 2 unspecified atom stereocenters. The molecule has 0 aromatic heterocycles. The predicted molar refractivity (Wildman–Crippen MR) is 89.8 cm³/mol. The standard InChI is InChI=1S/C18H30N2O4/c1-18(2,3)24-16(21)19-10-8-14(9-11-19)20-15-7-5-4-6-13(15)12-23-17(20)22/h13-15H,4-12H2,1-3H3. The summed E-state index contributed by atoms with van der Waals surface area (Å²) >= 11 is 0. The second-order valence-electron chi connectivity index (χ2n) is 8.29. The second kappa shape index (κ2) is 6.81. The molecule has 2 amide bonds. The predicted octanol–water partition coefficient (Wildman–Crippen LogP) is 3.40. The lowest BCUT2D eigenvalue weighted by Gasteiger charge is -2.48. The molecule has 6 nitrogen and oxygen atoms in total. The average Bonchev–Trinajstić information content (AvgIpc) is 2.53. The zero-order valence-electron chi connectivity index (χ0n) is 15.1. The number of hydrogen-bond donors (Lipinski definition) is 0. The number of piperidine rings is 1. The minimum Gasteiger partial charge on any atom is -0.449 e. The molecular formula is C18H30N2O4. The average molecular weight is 338 g/mol. The first-order valence-corrected chi connectivity index (χ1v) is 9.28. The van der Waals surface area contributed by atoms with Crippen molar-refractivity contribution in [3.05, 3.63) is 0 Å². The molecule has 0 radical (unpaired) electrons. The SMILES string of the molecule is CC(C)(C)OC(=O)N1CCC(N2C(=O)OCC3CCCCC32)CC1. The first kappa shape index (κ1) is 17.4. The summed E-state index contributed by atoms with van der Waals surface area (Å²) < 4.78 is 10.9. The summed E-state index contributed by atoms with van der Waals surface area (Å²) in [5.74, 6) is 0.486. The number of cyclic esters (lactones) is 1. The molecule has 2 aliphatic heterocycles. The van der Waals surface area contributed by atoms with Crippen LogP contribution in [0.3, 0.4) is 0 Å². The van der Waals surface area contributed by atoms with Crippen molar-refractivity contribution in [3.63, 3.8) is 0 Å². The fraction of sp³-hybridized carbons (Fsp3) is 0.889. The lowest BCUT2D eigenvalue weighted by molar-refractivity contribution is -0.0388. The van der Waals surface area contributed by atoms with Crippen molar-refractivity contribution in [1.29, 1.82) is 0 Å². The fourth-order valence-electron chi connectivity index (χ4n) is 4.21. The van der Waals surface area contributed by atoms with Gasteiger partial charge in [0.1, 0.15) is 5.60 Å². The van der Waals surface area contributed by atoms with Gasteiger partial charge >= 0.3 is 12.2 Å². The highest BCUT2D eigenvalue weighted by Crippen LogP contribution is 2.35. The van der Waals surface area contributed by atoms with E-state index in [1.54, 1.807) is 4.90 Å². The zero-order valence-corrected chi connectivity index (χ0v) is 15.1. The number of fused-ring (bicyclic) bond motifs is 1. The summed E-state index contributed by atoms with van der Waals surface area (Å²) in [5.41, 5.74) is -0.472. The third kappa shape index (κ3) is 3.78. The van der Waals surface area contributed by atoms with Gasteiger partial charge in [-0.2, -0.15) is 0 Å². The monoisotopic (exact) mass is 338 g/mol. The van der Waals surface area contributed by atoms with Crippen molar-refractivity contribution in [3.8, 4) is 0 Å². The Morgan fingerprint density at radius 3 is 2.46 bits per heavy atom. The summed E-state index contributed by atoms with van der Waals surface area (Å²) in [6.07, 6.45) is 5.88. The highest BCUT2D eigenvalue weighted by molar-refractivity contribution is 5.70. The van der Waals surface area contributed by atoms with E-state index in [0.717, 1.165) is 25.7 Å². The molecular weight excluding hydrogens is 308 g/mol. The summed E-state index contributed by atoms with van der Waals surface area (Å²) in [4.78, 5) is 28.3. The van der Waals surface area contributed by atoms with E-state index < -0.39 is 5.60 Å². The van der Waals surface area contributed by atoms with Crippen LogP contribution in [0, 0.1) is 5.92 Å². The normalized spacial score (nSPS) is 29.0. The highest BCUT2D eigenvalue weighted by Gasteiger charge is 2.43. The van der Waals surface area contributed by atoms with Crippen molar-refractivity contribution < 1.29 is 19.1 Å². The molecule has 2 atom stereocenters. The number of hydrogen-bond acceptors (Lipinski definition) is 4. The van der Waals surface area contributed by atoms with Gasteiger partial charge in [-0.1, -0.05) is 12.8 Å². The Morgan fingerprint density at radius 1 is 1.12 bits per heavy atom. The number of rotatable bonds is 1. The maximum absolute atomic E-state index is 12.3. The van der Waals surface area contributed by atoms with Gasteiger partial charge in [0.25, 0.3) is 0 Å². The molecule has 6 heteroatoms. The lowest BCUT2D eigenvalue weighted by atomic mass is 9.82. The Kier molecular flexibility index (Phi) is 4.92. The van der Waals surface area contributed by atoms with E-state index in [9.17, 15) is 9.59 Å². The van der Waals surface area contributed by atoms with E-state index in [2.05, 4.69) is 0 Å². The van der Waals surface area contributed by atoms with Gasteiger partial charge in [-0.25, -0.2) is 9.59 Å². The molecule has 2 saturated heterocycles. The molecule has 0 N–H and O–H groups in total. The van der Waals surface area contributed by atoms with E-state index in [-0.39, 0.29) is 18.2 Å². The quantitative estimate of drug-likeness (QED) is 0.735. The maximum atomic E-state index is 12.3. The van der Waals surface area contributed by atoms with E-state index >= 15 is 0 Å². The molecule has 0 bridgehead atoms. The summed E-state index contributed by atoms with van der Waals surface area (Å²) in [7, 11) is 0. The number of carbonyl (C=O) groups excluding carboxylic acids is 2. The molecule has 1 saturated carbocycles. The van der Waals surface area contributed by atoms with Crippen molar-refractivity contribution in [2.24, 2.45) is 5.92 Å². The Hall–Kier alpha value is -1.46. The number of nitrogens with zero attached hydrogens (tertiary/aromatic N) is 2. The van der Waals surface area contributed by atoms with Gasteiger partial charge in [0.2, 0.25) is 0 Å². The zero-order chi connectivity index (χ0) is 17.3. The minimum atomic E-state index is -0.472. The van der Waals surface area contributed by atoms with E-state index in [0.29, 0.717) is 31.7 Å². The molecule has 0 spiro atoms. The number of ether oxygens (including phenoxy) is 2. The minimum absolute atomic E-state index is 0.158. The highest BCUT2D eigenvalue weighted by atomic mass is 16.6. The first-order valence-electron chi connectivity index (χ1n) is 9.28. The molecule has 0 aromatic rings. The van der Waals surface area contributed by atoms with Gasteiger partial charge in [0, 0.05) is 31.1 Å². The molecule has 24 heavy (non-hydrogen) atoms. The van der Waals surface area contributed by atoms with E-state index in [4.69, 9.17) is 9.47 Å². The summed E-state index contributed by atoms with van der Waals surface area (Å²) in [5, 5.41) is 0. The fourth-order valence-corrected chi connectivity index (χ4v) is 4.21. The Morgan fingerprint density at radius 2 is 1.79 bits per heavy atom. The largest absolute Gasteiger partial charge is 0.449 e. The molecule has 3 rings (SSSR count). The van der Waals surface area contributed by atoms with Crippen LogP contribution in [0.15, 0.2) is 0 Å². The number of amides is 2. The van der Waals surface area contributed by atoms with Gasteiger partial charge in [-0.05, 0) is 46.5 Å². The van der Waals surface area contributed by atoms with Crippen LogP contribution in [0.25, 0.3) is 0 Å². The summed E-state index contributed by atoms with van der Waals surface area (Å²) in [6.45, 7) is 7.50. The van der Waals surface area contributed by atoms with Crippen LogP contribution in [0.1, 0.15) is 59.3 Å². The van der Waals surface area contributed by atoms with Crippen molar-refractivity contribution >= 4 is 12.2 Å². The molecule has 2 heterocycles. The third-order valence-corrected chi connectivity index (χ3v) is 5.37. The first-order chi connectivity index (χ1) is 11.3. The Balaban J connectivity index is 1.59. The Labute approximate surface area is 144 Å². The molecule has 3 fully saturated rings. The van der Waals surface area contributed by atoms with Crippen molar-refractivity contribution in [1.82, 2.24) is 9.80 Å². The van der Waals surface area contributed by atoms with Gasteiger partial charge < -0.3 is 19.3 Å².